The number of nitrogens with zero attached hydrogens (tertiary/aromatic N) is 3. The number of halogens is 1. The topological polar surface area (TPSA) is 59.8 Å². The Labute approximate surface area is 119 Å². The summed E-state index contributed by atoms with van der Waals surface area (Å²) in [4.78, 5) is 12.7. The van der Waals surface area contributed by atoms with Gasteiger partial charge in [-0.3, -0.25) is 4.79 Å². The first-order valence-corrected chi connectivity index (χ1v) is 6.85. The maximum absolute atomic E-state index is 12.7. The number of hydrogen-bond acceptors (Lipinski definition) is 4. The van der Waals surface area contributed by atoms with Crippen LogP contribution in [0, 0.1) is 0 Å². The molecule has 98 valence electrons. The Bertz CT molecular complexity index is 618. The van der Waals surface area contributed by atoms with Gasteiger partial charge in [0.05, 0.1) is 5.92 Å². The van der Waals surface area contributed by atoms with Crippen molar-refractivity contribution in [1.29, 1.82) is 0 Å². The molecule has 0 saturated heterocycles. The summed E-state index contributed by atoms with van der Waals surface area (Å²) in [6, 6.07) is 8.05. The van der Waals surface area contributed by atoms with Crippen molar-refractivity contribution in [3.8, 4) is 0 Å². The molecule has 0 radical (unpaired) electrons. The molecule has 1 aliphatic rings. The molecule has 0 fully saturated rings. The summed E-state index contributed by atoms with van der Waals surface area (Å²) in [7, 11) is 1.73. The van der Waals surface area contributed by atoms with Crippen molar-refractivity contribution < 1.29 is 4.79 Å². The fraction of sp³-hybridized carbons (Fsp3) is 0.308. The molecule has 6 heteroatoms. The van der Waals surface area contributed by atoms with Crippen LogP contribution in [0.15, 0.2) is 28.9 Å². The summed E-state index contributed by atoms with van der Waals surface area (Å²) in [5.74, 6) is -0.141. The van der Waals surface area contributed by atoms with E-state index < -0.39 is 0 Å². The summed E-state index contributed by atoms with van der Waals surface area (Å²) in [5.41, 5.74) is 2.79. The zero-order valence-electron chi connectivity index (χ0n) is 10.4. The highest BCUT2D eigenvalue weighted by Gasteiger charge is 2.30. The molecule has 1 aromatic heterocycles. The van der Waals surface area contributed by atoms with Gasteiger partial charge in [0.25, 0.3) is 0 Å². The minimum atomic E-state index is -0.182. The molecule has 0 bridgehead atoms. The van der Waals surface area contributed by atoms with Crippen LogP contribution < -0.4 is 5.32 Å². The van der Waals surface area contributed by atoms with E-state index in [0.29, 0.717) is 16.8 Å². The van der Waals surface area contributed by atoms with Gasteiger partial charge in [0.2, 0.25) is 0 Å². The van der Waals surface area contributed by atoms with Crippen molar-refractivity contribution in [2.24, 2.45) is 7.05 Å². The number of rotatable bonds is 2. The first kappa shape index (κ1) is 12.5. The quantitative estimate of drug-likeness (QED) is 0.855. The van der Waals surface area contributed by atoms with Crippen molar-refractivity contribution in [2.45, 2.75) is 12.5 Å². The standard InChI is InChI=1S/C13H13BrN4O/c1-18-11(13(14)16-17-18)12(19)10-7-15-6-8-4-2-3-5-9(8)10/h2-5,10,15H,6-7H2,1H3. The van der Waals surface area contributed by atoms with E-state index in [1.165, 1.54) is 10.2 Å². The number of benzene rings is 1. The predicted molar refractivity (Wildman–Crippen MR) is 73.9 cm³/mol. The summed E-state index contributed by atoms with van der Waals surface area (Å²) in [5, 5.41) is 11.0. The van der Waals surface area contributed by atoms with E-state index >= 15 is 0 Å². The Hall–Kier alpha value is -1.53. The second kappa shape index (κ2) is 4.86. The number of Topliss-reactive ketones (excluding diaryl/α,β-unsaturated/α-hetero) is 1. The second-order valence-corrected chi connectivity index (χ2v) is 5.35. The van der Waals surface area contributed by atoms with Crippen LogP contribution in [0.4, 0.5) is 0 Å². The Morgan fingerprint density at radius 3 is 3.00 bits per heavy atom. The van der Waals surface area contributed by atoms with Gasteiger partial charge in [-0.25, -0.2) is 4.68 Å². The van der Waals surface area contributed by atoms with Gasteiger partial charge in [-0.05, 0) is 27.1 Å². The van der Waals surface area contributed by atoms with E-state index in [9.17, 15) is 4.79 Å². The first-order chi connectivity index (χ1) is 9.18. The summed E-state index contributed by atoms with van der Waals surface area (Å²) < 4.78 is 2.02. The van der Waals surface area contributed by atoms with Crippen molar-refractivity contribution in [3.05, 3.63) is 45.7 Å². The average Bonchev–Trinajstić information content (AvgIpc) is 2.77. The Morgan fingerprint density at radius 1 is 1.47 bits per heavy atom. The predicted octanol–water partition coefficient (Wildman–Crippen LogP) is 1.65. The van der Waals surface area contributed by atoms with Crippen molar-refractivity contribution in [3.63, 3.8) is 0 Å². The van der Waals surface area contributed by atoms with Crippen LogP contribution in [0.1, 0.15) is 27.5 Å². The van der Waals surface area contributed by atoms with E-state index in [2.05, 4.69) is 37.6 Å². The minimum absolute atomic E-state index is 0.0408. The molecule has 1 atom stereocenters. The minimum Gasteiger partial charge on any atom is -0.312 e. The number of fused-ring (bicyclic) bond motifs is 1. The van der Waals surface area contributed by atoms with Gasteiger partial charge in [-0.1, -0.05) is 29.5 Å². The van der Waals surface area contributed by atoms with Gasteiger partial charge >= 0.3 is 0 Å². The molecular weight excluding hydrogens is 308 g/mol. The van der Waals surface area contributed by atoms with Crippen LogP contribution in [-0.4, -0.2) is 27.3 Å². The zero-order valence-corrected chi connectivity index (χ0v) is 12.0. The van der Waals surface area contributed by atoms with E-state index in [-0.39, 0.29) is 11.7 Å². The molecule has 0 spiro atoms. The lowest BCUT2D eigenvalue weighted by Crippen LogP contribution is -2.33. The van der Waals surface area contributed by atoms with Gasteiger partial charge in [-0.15, -0.1) is 5.10 Å². The number of carbonyl (C=O) groups excluding carboxylic acids is 1. The van der Waals surface area contributed by atoms with Crippen LogP contribution in [0.5, 0.6) is 0 Å². The molecule has 1 aliphatic heterocycles. The van der Waals surface area contributed by atoms with Gasteiger partial charge in [0.15, 0.2) is 10.4 Å². The molecule has 1 N–H and O–H groups in total. The van der Waals surface area contributed by atoms with E-state index in [0.717, 1.165) is 12.1 Å². The van der Waals surface area contributed by atoms with Gasteiger partial charge in [-0.2, -0.15) is 0 Å². The van der Waals surface area contributed by atoms with Crippen LogP contribution in [0.25, 0.3) is 0 Å². The summed E-state index contributed by atoms with van der Waals surface area (Å²) in [6.45, 7) is 1.46. The lowest BCUT2D eigenvalue weighted by molar-refractivity contribution is 0.0945. The number of hydrogen-bond donors (Lipinski definition) is 1. The first-order valence-electron chi connectivity index (χ1n) is 6.06. The highest BCUT2D eigenvalue weighted by atomic mass is 79.9. The molecule has 19 heavy (non-hydrogen) atoms. The molecular formula is C13H13BrN4O. The third kappa shape index (κ3) is 2.11. The summed E-state index contributed by atoms with van der Waals surface area (Å²) >= 11 is 3.29. The van der Waals surface area contributed by atoms with Crippen LogP contribution in [0.3, 0.4) is 0 Å². The number of aromatic nitrogens is 3. The average molecular weight is 321 g/mol. The Morgan fingerprint density at radius 2 is 2.26 bits per heavy atom. The molecule has 2 aromatic rings. The highest BCUT2D eigenvalue weighted by molar-refractivity contribution is 9.10. The zero-order chi connectivity index (χ0) is 13.4. The normalized spacial score (nSPS) is 18.1. The molecule has 3 rings (SSSR count). The fourth-order valence-electron chi connectivity index (χ4n) is 2.49. The third-order valence-electron chi connectivity index (χ3n) is 3.43. The third-order valence-corrected chi connectivity index (χ3v) is 3.96. The molecule has 0 amide bonds. The van der Waals surface area contributed by atoms with Gasteiger partial charge in [0.1, 0.15) is 5.69 Å². The number of nitrogens with one attached hydrogen (secondary N) is 1. The van der Waals surface area contributed by atoms with Crippen molar-refractivity contribution >= 4 is 21.7 Å². The van der Waals surface area contributed by atoms with E-state index in [1.807, 2.05) is 18.2 Å². The lowest BCUT2D eigenvalue weighted by Gasteiger charge is -2.25. The van der Waals surface area contributed by atoms with Crippen LogP contribution in [0.2, 0.25) is 0 Å². The molecule has 2 heterocycles. The smallest absolute Gasteiger partial charge is 0.192 e. The van der Waals surface area contributed by atoms with Crippen molar-refractivity contribution in [1.82, 2.24) is 20.3 Å². The number of carbonyl (C=O) groups is 1. The lowest BCUT2D eigenvalue weighted by atomic mass is 9.87. The van der Waals surface area contributed by atoms with E-state index in [4.69, 9.17) is 0 Å². The van der Waals surface area contributed by atoms with Gasteiger partial charge in [0, 0.05) is 20.1 Å². The maximum atomic E-state index is 12.7. The van der Waals surface area contributed by atoms with Crippen LogP contribution >= 0.6 is 15.9 Å². The fourth-order valence-corrected chi connectivity index (χ4v) is 3.01. The van der Waals surface area contributed by atoms with E-state index in [1.54, 1.807) is 7.05 Å². The largest absolute Gasteiger partial charge is 0.312 e. The SMILES string of the molecule is Cn1nnc(Br)c1C(=O)C1CNCc2ccccc21. The molecule has 1 aromatic carbocycles. The summed E-state index contributed by atoms with van der Waals surface area (Å²) in [6.07, 6.45) is 0. The van der Waals surface area contributed by atoms with Gasteiger partial charge < -0.3 is 5.32 Å². The number of ketones is 1. The molecule has 0 aliphatic carbocycles. The number of aryl methyl sites for hydroxylation is 1. The highest BCUT2D eigenvalue weighted by Crippen LogP contribution is 2.28. The maximum Gasteiger partial charge on any atom is 0.192 e. The molecule has 0 saturated carbocycles. The second-order valence-electron chi connectivity index (χ2n) is 4.60. The molecule has 5 nitrogen and oxygen atoms in total. The Kier molecular flexibility index (Phi) is 3.20. The molecule has 1 unspecified atom stereocenters. The van der Waals surface area contributed by atoms with Crippen LogP contribution in [-0.2, 0) is 13.6 Å². The van der Waals surface area contributed by atoms with Crippen molar-refractivity contribution in [2.75, 3.05) is 6.54 Å². The Balaban J connectivity index is 2.03. The monoisotopic (exact) mass is 320 g/mol.